The van der Waals surface area contributed by atoms with Crippen LogP contribution in [-0.4, -0.2) is 96.7 Å². The van der Waals surface area contributed by atoms with E-state index in [4.69, 9.17) is 37.0 Å². The van der Waals surface area contributed by atoms with Crippen LogP contribution in [0.2, 0.25) is 0 Å². The molecular weight excluding hydrogens is 1350 g/mol. The van der Waals surface area contributed by atoms with Crippen LogP contribution in [-0.2, 0) is 65.4 Å². The van der Waals surface area contributed by atoms with Gasteiger partial charge in [0.1, 0.15) is 19.3 Å². The van der Waals surface area contributed by atoms with E-state index in [2.05, 4.69) is 149 Å². The number of carbonyl (C=O) groups is 4. The number of hydrogen-bond acceptors (Lipinski definition) is 15. The lowest BCUT2D eigenvalue weighted by atomic mass is 10.1. The zero-order valence-electron chi connectivity index (χ0n) is 65.2. The quantitative estimate of drug-likeness (QED) is 0.0169. The lowest BCUT2D eigenvalue weighted by Gasteiger charge is -2.21. The van der Waals surface area contributed by atoms with Crippen molar-refractivity contribution in [2.24, 2.45) is 0 Å². The van der Waals surface area contributed by atoms with Gasteiger partial charge in [0.25, 0.3) is 0 Å². The molecule has 0 heterocycles. The smallest absolute Gasteiger partial charge is 0.462 e. The lowest BCUT2D eigenvalue weighted by Crippen LogP contribution is -2.30. The van der Waals surface area contributed by atoms with E-state index in [-0.39, 0.29) is 25.7 Å². The Morgan fingerprint density at radius 2 is 0.510 bits per heavy atom. The standard InChI is InChI=1S/C85H144O17P2/c1-5-9-13-17-21-25-29-33-36-38-39-41-43-47-50-54-58-62-66-70-83(88)96-76-81(102-85(90)72-68-64-60-56-52-48-44-40-37-34-30-26-22-18-14-10-6-2)78-100-104(93,94)98-74-79(86)73-97-103(91,92)99-77-80(101-84(89)71-67-63-59-55-51-45-32-28-24-20-16-12-8-4)75-95-82(87)69-65-61-57-53-49-46-42-35-31-27-23-19-15-11-7-3/h10,14,21-23,25-28,32-37,39,41-42,44,48,56,60,79-81,86H,5-9,11-13,15-20,24,29-31,38,40,43,45-47,49-55,57-59,61-78H2,1-4H3,(H,91,92)(H,93,94)/b14-10-,25-21-,26-22-,27-23-,32-28-,36-33-,37-34-,41-39-,42-35-,48-44-,60-56-. The van der Waals surface area contributed by atoms with Gasteiger partial charge in [-0.25, -0.2) is 9.13 Å². The molecule has 0 spiro atoms. The van der Waals surface area contributed by atoms with Gasteiger partial charge < -0.3 is 33.8 Å². The first kappa shape index (κ1) is 99.2. The molecule has 0 radical (unpaired) electrons. The van der Waals surface area contributed by atoms with Crippen LogP contribution in [0.3, 0.4) is 0 Å². The van der Waals surface area contributed by atoms with Gasteiger partial charge in [0.2, 0.25) is 0 Å². The molecule has 17 nitrogen and oxygen atoms in total. The molecule has 0 aliphatic rings. The van der Waals surface area contributed by atoms with E-state index in [1.54, 1.807) is 0 Å². The third kappa shape index (κ3) is 75.4. The van der Waals surface area contributed by atoms with Gasteiger partial charge in [-0.3, -0.25) is 37.3 Å². The van der Waals surface area contributed by atoms with Crippen LogP contribution >= 0.6 is 15.6 Å². The number of allylic oxidation sites excluding steroid dienone is 22. The summed E-state index contributed by atoms with van der Waals surface area (Å²) in [6.07, 6.45) is 85.7. The van der Waals surface area contributed by atoms with E-state index >= 15 is 0 Å². The van der Waals surface area contributed by atoms with Crippen LogP contribution in [0.15, 0.2) is 134 Å². The number of carbonyl (C=O) groups excluding carboxylic acids is 4. The molecule has 5 unspecified atom stereocenters. The summed E-state index contributed by atoms with van der Waals surface area (Å²) in [6.45, 7) is 4.60. The number of hydrogen-bond donors (Lipinski definition) is 3. The molecule has 0 saturated carbocycles. The van der Waals surface area contributed by atoms with Crippen molar-refractivity contribution in [3.05, 3.63) is 134 Å². The second kappa shape index (κ2) is 76.4. The Bertz CT molecular complexity index is 2490. The first-order valence-electron chi connectivity index (χ1n) is 40.4. The fourth-order valence-electron chi connectivity index (χ4n) is 10.4. The Morgan fingerprint density at radius 3 is 0.837 bits per heavy atom. The van der Waals surface area contributed by atoms with Crippen molar-refractivity contribution < 1.29 is 80.2 Å². The summed E-state index contributed by atoms with van der Waals surface area (Å²) >= 11 is 0. The first-order valence-corrected chi connectivity index (χ1v) is 43.4. The second-order valence-electron chi connectivity index (χ2n) is 26.6. The molecule has 0 bridgehead atoms. The first-order chi connectivity index (χ1) is 50.7. The fraction of sp³-hybridized carbons (Fsp3) is 0.694. The third-order valence-electron chi connectivity index (χ3n) is 16.6. The Labute approximate surface area is 631 Å². The average Bonchev–Trinajstić information content (AvgIpc) is 0.917. The number of unbranched alkanes of at least 4 members (excludes halogenated alkanes) is 27. The lowest BCUT2D eigenvalue weighted by molar-refractivity contribution is -0.161. The SMILES string of the molecule is CC/C=C\C/C=C\C/C=C\C/C=C\C/C=C\CCCC(=O)OC(COC(=O)CCCCCCCC/C=C\C/C=C\C/C=C\CCCCC)COP(=O)(O)OCC(O)COP(=O)(O)OCC(COC(=O)CCCCCCC/C=C\C/C=C\CCCCC)OC(=O)CCCCCCC/C=C\CCCCCC. The molecule has 596 valence electrons. The number of ether oxygens (including phenoxy) is 4. The van der Waals surface area contributed by atoms with Gasteiger partial charge in [-0.2, -0.15) is 0 Å². The third-order valence-corrected chi connectivity index (χ3v) is 18.5. The fourth-order valence-corrected chi connectivity index (χ4v) is 12.0. The summed E-state index contributed by atoms with van der Waals surface area (Å²) in [6, 6.07) is 0. The number of phosphoric acid groups is 2. The van der Waals surface area contributed by atoms with Crippen molar-refractivity contribution in [3.8, 4) is 0 Å². The molecular formula is C85H144O17P2. The highest BCUT2D eigenvalue weighted by Gasteiger charge is 2.30. The van der Waals surface area contributed by atoms with E-state index in [1.165, 1.54) is 64.2 Å². The maximum absolute atomic E-state index is 13.1. The number of aliphatic hydroxyl groups is 1. The average molecular weight is 1500 g/mol. The summed E-state index contributed by atoms with van der Waals surface area (Å²) in [7, 11) is -9.99. The molecule has 0 rings (SSSR count). The minimum absolute atomic E-state index is 0.0101. The highest BCUT2D eigenvalue weighted by molar-refractivity contribution is 7.47. The van der Waals surface area contributed by atoms with Crippen LogP contribution in [0.5, 0.6) is 0 Å². The predicted octanol–water partition coefficient (Wildman–Crippen LogP) is 23.7. The number of rotatable bonds is 75. The molecule has 19 heteroatoms. The van der Waals surface area contributed by atoms with Crippen LogP contribution in [0.4, 0.5) is 0 Å². The van der Waals surface area contributed by atoms with Gasteiger partial charge in [0, 0.05) is 25.7 Å². The highest BCUT2D eigenvalue weighted by Crippen LogP contribution is 2.45. The molecule has 0 aromatic heterocycles. The summed E-state index contributed by atoms with van der Waals surface area (Å²) in [5.74, 6) is -2.28. The van der Waals surface area contributed by atoms with Crippen LogP contribution in [0.1, 0.15) is 323 Å². The summed E-state index contributed by atoms with van der Waals surface area (Å²) in [5, 5.41) is 10.6. The van der Waals surface area contributed by atoms with Crippen molar-refractivity contribution in [1.82, 2.24) is 0 Å². The van der Waals surface area contributed by atoms with E-state index in [0.717, 1.165) is 173 Å². The Kier molecular flexibility index (Phi) is 72.9. The molecule has 0 aromatic rings. The molecule has 0 saturated heterocycles. The second-order valence-corrected chi connectivity index (χ2v) is 29.5. The summed E-state index contributed by atoms with van der Waals surface area (Å²) < 4.78 is 68.5. The minimum atomic E-state index is -5.00. The van der Waals surface area contributed by atoms with Crippen molar-refractivity contribution in [2.45, 2.75) is 341 Å². The Morgan fingerprint density at radius 1 is 0.279 bits per heavy atom. The normalized spacial score (nSPS) is 14.6. The molecule has 104 heavy (non-hydrogen) atoms. The Hall–Kier alpha value is -4.80. The van der Waals surface area contributed by atoms with Gasteiger partial charge in [0.05, 0.1) is 26.4 Å². The van der Waals surface area contributed by atoms with E-state index in [9.17, 15) is 43.2 Å². The molecule has 0 aliphatic carbocycles. The monoisotopic (exact) mass is 1500 g/mol. The van der Waals surface area contributed by atoms with E-state index < -0.39 is 97.5 Å². The summed E-state index contributed by atoms with van der Waals surface area (Å²) in [4.78, 5) is 73.0. The minimum Gasteiger partial charge on any atom is -0.462 e. The van der Waals surface area contributed by atoms with Crippen molar-refractivity contribution >= 4 is 39.5 Å². The number of aliphatic hydroxyl groups excluding tert-OH is 1. The molecule has 0 aliphatic heterocycles. The molecule has 5 atom stereocenters. The molecule has 0 fully saturated rings. The van der Waals surface area contributed by atoms with E-state index in [1.807, 2.05) is 12.2 Å². The zero-order valence-corrected chi connectivity index (χ0v) is 66.9. The predicted molar refractivity (Wildman–Crippen MR) is 427 cm³/mol. The zero-order chi connectivity index (χ0) is 76.0. The van der Waals surface area contributed by atoms with Crippen LogP contribution in [0, 0.1) is 0 Å². The van der Waals surface area contributed by atoms with Gasteiger partial charge in [-0.15, -0.1) is 0 Å². The van der Waals surface area contributed by atoms with Gasteiger partial charge in [-0.05, 0) is 161 Å². The van der Waals surface area contributed by atoms with Gasteiger partial charge in [-0.1, -0.05) is 271 Å². The van der Waals surface area contributed by atoms with Crippen LogP contribution in [0.25, 0.3) is 0 Å². The number of phosphoric ester groups is 2. The van der Waals surface area contributed by atoms with Crippen molar-refractivity contribution in [2.75, 3.05) is 39.6 Å². The van der Waals surface area contributed by atoms with Gasteiger partial charge >= 0.3 is 39.5 Å². The van der Waals surface area contributed by atoms with E-state index in [0.29, 0.717) is 32.1 Å². The maximum Gasteiger partial charge on any atom is 0.472 e. The molecule has 0 amide bonds. The Balaban J connectivity index is 5.43. The summed E-state index contributed by atoms with van der Waals surface area (Å²) in [5.41, 5.74) is 0. The topological polar surface area (TPSA) is 237 Å². The van der Waals surface area contributed by atoms with Crippen LogP contribution < -0.4 is 0 Å². The highest BCUT2D eigenvalue weighted by atomic mass is 31.2. The number of esters is 4. The largest absolute Gasteiger partial charge is 0.472 e. The van der Waals surface area contributed by atoms with Crippen molar-refractivity contribution in [1.29, 1.82) is 0 Å². The molecule has 3 N–H and O–H groups in total. The van der Waals surface area contributed by atoms with Gasteiger partial charge in [0.15, 0.2) is 12.2 Å². The maximum atomic E-state index is 13.1. The van der Waals surface area contributed by atoms with Crippen molar-refractivity contribution in [3.63, 3.8) is 0 Å². The molecule has 0 aromatic carbocycles.